The van der Waals surface area contributed by atoms with Crippen LogP contribution < -0.4 is 10.7 Å². The Morgan fingerprint density at radius 3 is 2.50 bits per heavy atom. The monoisotopic (exact) mass is 297 g/mol. The van der Waals surface area contributed by atoms with Crippen LogP contribution >= 0.6 is 0 Å². The highest BCUT2D eigenvalue weighted by molar-refractivity contribution is 5.96. The van der Waals surface area contributed by atoms with Gasteiger partial charge >= 0.3 is 0 Å². The molecular formula is C16H15N3O3. The van der Waals surface area contributed by atoms with Crippen molar-refractivity contribution in [3.05, 3.63) is 59.7 Å². The van der Waals surface area contributed by atoms with Crippen molar-refractivity contribution >= 4 is 23.7 Å². The van der Waals surface area contributed by atoms with Crippen LogP contribution in [-0.4, -0.2) is 23.1 Å². The topological polar surface area (TPSA) is 90.8 Å². The quantitative estimate of drug-likeness (QED) is 0.596. The lowest BCUT2D eigenvalue weighted by Crippen LogP contribution is -2.17. The number of benzene rings is 2. The van der Waals surface area contributed by atoms with Gasteiger partial charge in [-0.3, -0.25) is 9.59 Å². The molecule has 2 rings (SSSR count). The maximum Gasteiger partial charge on any atom is 0.271 e. The number of hydrogen-bond donors (Lipinski definition) is 3. The standard InChI is InChI=1S/C16H15N3O3/c1-11(20)18-14-7-5-13(6-8-14)16(22)19-17-10-12-3-2-4-15(21)9-12/h2-10,21H,1H3,(H,18,20)(H,19,22)/b17-10-. The number of carbonyl (C=O) groups excluding carboxylic acids is 2. The second kappa shape index (κ2) is 7.03. The first-order valence-electron chi connectivity index (χ1n) is 6.55. The highest BCUT2D eigenvalue weighted by Crippen LogP contribution is 2.10. The van der Waals surface area contributed by atoms with E-state index in [9.17, 15) is 14.7 Å². The van der Waals surface area contributed by atoms with E-state index >= 15 is 0 Å². The molecule has 0 atom stereocenters. The van der Waals surface area contributed by atoms with Crippen molar-refractivity contribution in [2.24, 2.45) is 5.10 Å². The van der Waals surface area contributed by atoms with Crippen molar-refractivity contribution in [3.63, 3.8) is 0 Å². The molecule has 2 aromatic carbocycles. The number of carbonyl (C=O) groups is 2. The first-order chi connectivity index (χ1) is 10.5. The summed E-state index contributed by atoms with van der Waals surface area (Å²) >= 11 is 0. The third-order valence-corrected chi connectivity index (χ3v) is 2.72. The molecule has 0 heterocycles. The molecule has 112 valence electrons. The number of phenolic OH excluding ortho intramolecular Hbond substituents is 1. The molecule has 0 aliphatic carbocycles. The Labute approximate surface area is 127 Å². The van der Waals surface area contributed by atoms with Crippen molar-refractivity contribution in [2.75, 3.05) is 5.32 Å². The summed E-state index contributed by atoms with van der Waals surface area (Å²) < 4.78 is 0. The molecule has 0 saturated carbocycles. The van der Waals surface area contributed by atoms with Crippen LogP contribution in [0, 0.1) is 0 Å². The van der Waals surface area contributed by atoms with E-state index in [0.29, 0.717) is 16.8 Å². The van der Waals surface area contributed by atoms with Gasteiger partial charge in [-0.15, -0.1) is 0 Å². The molecule has 0 saturated heterocycles. The van der Waals surface area contributed by atoms with Crippen LogP contribution in [0.5, 0.6) is 5.75 Å². The average Bonchev–Trinajstić information content (AvgIpc) is 2.47. The minimum absolute atomic E-state index is 0.129. The Bertz CT molecular complexity index is 709. The molecule has 0 bridgehead atoms. The van der Waals surface area contributed by atoms with Gasteiger partial charge < -0.3 is 10.4 Å². The van der Waals surface area contributed by atoms with E-state index in [1.165, 1.54) is 19.2 Å². The van der Waals surface area contributed by atoms with Crippen LogP contribution in [0.15, 0.2) is 53.6 Å². The zero-order valence-corrected chi connectivity index (χ0v) is 11.9. The molecule has 0 aromatic heterocycles. The summed E-state index contributed by atoms with van der Waals surface area (Å²) in [7, 11) is 0. The molecule has 6 heteroatoms. The van der Waals surface area contributed by atoms with Crippen molar-refractivity contribution in [1.82, 2.24) is 5.43 Å². The molecule has 22 heavy (non-hydrogen) atoms. The summed E-state index contributed by atoms with van der Waals surface area (Å²) in [5.74, 6) is -0.414. The fourth-order valence-corrected chi connectivity index (χ4v) is 1.74. The van der Waals surface area contributed by atoms with Gasteiger partial charge in [0.1, 0.15) is 5.75 Å². The van der Waals surface area contributed by atoms with E-state index in [0.717, 1.165) is 0 Å². The Morgan fingerprint density at radius 2 is 1.86 bits per heavy atom. The van der Waals surface area contributed by atoms with Crippen LogP contribution in [0.25, 0.3) is 0 Å². The minimum Gasteiger partial charge on any atom is -0.508 e. The number of hydrazone groups is 1. The van der Waals surface area contributed by atoms with E-state index in [2.05, 4.69) is 15.8 Å². The third-order valence-electron chi connectivity index (χ3n) is 2.72. The van der Waals surface area contributed by atoms with Gasteiger partial charge in [0, 0.05) is 18.2 Å². The third kappa shape index (κ3) is 4.45. The predicted octanol–water partition coefficient (Wildman–Crippen LogP) is 2.11. The molecule has 2 amide bonds. The minimum atomic E-state index is -0.370. The molecule has 0 fully saturated rings. The number of rotatable bonds is 4. The Morgan fingerprint density at radius 1 is 1.14 bits per heavy atom. The number of nitrogens with one attached hydrogen (secondary N) is 2. The van der Waals surface area contributed by atoms with Crippen LogP contribution in [0.2, 0.25) is 0 Å². The molecule has 2 aromatic rings. The Kier molecular flexibility index (Phi) is 4.87. The van der Waals surface area contributed by atoms with Gasteiger partial charge in [-0.1, -0.05) is 12.1 Å². The molecule has 0 aliphatic rings. The maximum atomic E-state index is 11.9. The fourth-order valence-electron chi connectivity index (χ4n) is 1.74. The SMILES string of the molecule is CC(=O)Nc1ccc(C(=O)N/N=C\c2cccc(O)c2)cc1. The van der Waals surface area contributed by atoms with E-state index in [1.807, 2.05) is 0 Å². The maximum absolute atomic E-state index is 11.9. The first kappa shape index (κ1) is 15.2. The van der Waals surface area contributed by atoms with Crippen LogP contribution in [0.1, 0.15) is 22.8 Å². The normalized spacial score (nSPS) is 10.4. The van der Waals surface area contributed by atoms with E-state index in [4.69, 9.17) is 0 Å². The molecule has 6 nitrogen and oxygen atoms in total. The smallest absolute Gasteiger partial charge is 0.271 e. The second-order valence-electron chi connectivity index (χ2n) is 4.55. The largest absolute Gasteiger partial charge is 0.508 e. The number of phenols is 1. The number of hydrogen-bond acceptors (Lipinski definition) is 4. The van der Waals surface area contributed by atoms with E-state index < -0.39 is 0 Å². The summed E-state index contributed by atoms with van der Waals surface area (Å²) in [4.78, 5) is 22.8. The van der Waals surface area contributed by atoms with Gasteiger partial charge in [-0.05, 0) is 42.0 Å². The van der Waals surface area contributed by atoms with Gasteiger partial charge in [-0.25, -0.2) is 5.43 Å². The average molecular weight is 297 g/mol. The lowest BCUT2D eigenvalue weighted by molar-refractivity contribution is -0.114. The molecule has 0 spiro atoms. The first-order valence-corrected chi connectivity index (χ1v) is 6.55. The molecular weight excluding hydrogens is 282 g/mol. The molecule has 0 unspecified atom stereocenters. The zero-order chi connectivity index (χ0) is 15.9. The second-order valence-corrected chi connectivity index (χ2v) is 4.55. The predicted molar refractivity (Wildman–Crippen MR) is 83.9 cm³/mol. The highest BCUT2D eigenvalue weighted by Gasteiger charge is 2.04. The number of aromatic hydroxyl groups is 1. The summed E-state index contributed by atoms with van der Waals surface area (Å²) in [5.41, 5.74) is 4.09. The molecule has 0 aliphatic heterocycles. The van der Waals surface area contributed by atoms with Gasteiger partial charge in [0.15, 0.2) is 0 Å². The zero-order valence-electron chi connectivity index (χ0n) is 11.9. The van der Waals surface area contributed by atoms with Crippen molar-refractivity contribution in [1.29, 1.82) is 0 Å². The molecule has 0 radical (unpaired) electrons. The lowest BCUT2D eigenvalue weighted by atomic mass is 10.2. The fraction of sp³-hybridized carbons (Fsp3) is 0.0625. The number of anilines is 1. The van der Waals surface area contributed by atoms with Crippen LogP contribution in [0.3, 0.4) is 0 Å². The Hall–Kier alpha value is -3.15. The van der Waals surface area contributed by atoms with Gasteiger partial charge in [0.05, 0.1) is 6.21 Å². The van der Waals surface area contributed by atoms with E-state index in [-0.39, 0.29) is 17.6 Å². The lowest BCUT2D eigenvalue weighted by Gasteiger charge is -2.03. The number of nitrogens with zero attached hydrogens (tertiary/aromatic N) is 1. The van der Waals surface area contributed by atoms with E-state index in [1.54, 1.807) is 42.5 Å². The Balaban J connectivity index is 1.96. The number of amides is 2. The van der Waals surface area contributed by atoms with Gasteiger partial charge in [0.25, 0.3) is 5.91 Å². The summed E-state index contributed by atoms with van der Waals surface area (Å²) in [6, 6.07) is 12.9. The molecule has 3 N–H and O–H groups in total. The van der Waals surface area contributed by atoms with Gasteiger partial charge in [-0.2, -0.15) is 5.10 Å². The van der Waals surface area contributed by atoms with Crippen LogP contribution in [-0.2, 0) is 4.79 Å². The van der Waals surface area contributed by atoms with Crippen molar-refractivity contribution < 1.29 is 14.7 Å². The van der Waals surface area contributed by atoms with Gasteiger partial charge in [0.2, 0.25) is 5.91 Å². The van der Waals surface area contributed by atoms with Crippen molar-refractivity contribution in [3.8, 4) is 5.75 Å². The van der Waals surface area contributed by atoms with Crippen LogP contribution in [0.4, 0.5) is 5.69 Å². The summed E-state index contributed by atoms with van der Waals surface area (Å²) in [6.07, 6.45) is 1.43. The highest BCUT2D eigenvalue weighted by atomic mass is 16.3. The van der Waals surface area contributed by atoms with Crippen molar-refractivity contribution in [2.45, 2.75) is 6.92 Å². The summed E-state index contributed by atoms with van der Waals surface area (Å²) in [6.45, 7) is 1.41. The summed E-state index contributed by atoms with van der Waals surface area (Å²) in [5, 5.41) is 15.8.